The second-order valence-corrected chi connectivity index (χ2v) is 6.55. The summed E-state index contributed by atoms with van der Waals surface area (Å²) >= 11 is 0. The van der Waals surface area contributed by atoms with Crippen LogP contribution >= 0.6 is 13.5 Å². The summed E-state index contributed by atoms with van der Waals surface area (Å²) in [4.78, 5) is 8.97. The summed E-state index contributed by atoms with van der Waals surface area (Å²) in [6.07, 6.45) is 2.24. The van der Waals surface area contributed by atoms with Crippen molar-refractivity contribution in [1.29, 1.82) is 0 Å². The lowest BCUT2D eigenvalue weighted by Crippen LogP contribution is -2.10. The van der Waals surface area contributed by atoms with Crippen molar-refractivity contribution < 1.29 is 9.50 Å². The van der Waals surface area contributed by atoms with Crippen molar-refractivity contribution in [3.05, 3.63) is 71.9 Å². The third-order valence-electron chi connectivity index (χ3n) is 4.70. The zero-order valence-corrected chi connectivity index (χ0v) is 16.9. The fourth-order valence-electron chi connectivity index (χ4n) is 3.12. The van der Waals surface area contributed by atoms with Gasteiger partial charge in [0.25, 0.3) is 0 Å². The number of rotatable bonds is 5. The Labute approximate surface area is 174 Å². The molecule has 0 saturated heterocycles. The number of halogens is 1. The van der Waals surface area contributed by atoms with Gasteiger partial charge in [0.15, 0.2) is 5.82 Å². The molecule has 6 nitrogen and oxygen atoms in total. The number of benzene rings is 1. The molecular formula is C21H22FN5OS. The van der Waals surface area contributed by atoms with Crippen LogP contribution in [0.1, 0.15) is 30.8 Å². The Kier molecular flexibility index (Phi) is 6.26. The third-order valence-corrected chi connectivity index (χ3v) is 4.70. The molecule has 3 heterocycles. The molecule has 0 spiro atoms. The maximum absolute atomic E-state index is 14.8. The Bertz CT molecular complexity index is 1150. The third kappa shape index (κ3) is 4.00. The van der Waals surface area contributed by atoms with E-state index in [1.54, 1.807) is 22.9 Å². The van der Waals surface area contributed by atoms with Crippen molar-refractivity contribution in [1.82, 2.24) is 19.7 Å². The maximum atomic E-state index is 14.8. The number of nitrogens with zero attached hydrogens (tertiary/aromatic N) is 4. The number of pyridine rings is 2. The molecule has 3 aromatic heterocycles. The van der Waals surface area contributed by atoms with E-state index in [0.29, 0.717) is 33.7 Å². The van der Waals surface area contributed by atoms with Gasteiger partial charge in [-0.05, 0) is 42.8 Å². The van der Waals surface area contributed by atoms with Gasteiger partial charge in [-0.15, -0.1) is 0 Å². The van der Waals surface area contributed by atoms with Crippen LogP contribution in [-0.2, 0) is 6.61 Å². The van der Waals surface area contributed by atoms with Gasteiger partial charge in [0.2, 0.25) is 0 Å². The summed E-state index contributed by atoms with van der Waals surface area (Å²) in [6, 6.07) is 14.0. The van der Waals surface area contributed by atoms with Gasteiger partial charge in [0.1, 0.15) is 5.82 Å². The molecule has 0 radical (unpaired) electrons. The molecule has 3 N–H and O–H groups in total. The van der Waals surface area contributed by atoms with E-state index in [0.717, 1.165) is 12.1 Å². The molecule has 4 rings (SSSR count). The molecular weight excluding hydrogens is 389 g/mol. The van der Waals surface area contributed by atoms with Crippen LogP contribution in [0.3, 0.4) is 0 Å². The largest absolute Gasteiger partial charge is 0.390 e. The second-order valence-electron chi connectivity index (χ2n) is 6.55. The average Bonchev–Trinajstić information content (AvgIpc) is 3.18. The van der Waals surface area contributed by atoms with Crippen LogP contribution in [0.4, 0.5) is 4.39 Å². The van der Waals surface area contributed by atoms with Crippen molar-refractivity contribution in [3.63, 3.8) is 0 Å². The summed E-state index contributed by atoms with van der Waals surface area (Å²) in [7, 11) is 0. The smallest absolute Gasteiger partial charge is 0.154 e. The van der Waals surface area contributed by atoms with Crippen LogP contribution in [-0.4, -0.2) is 24.9 Å². The first-order chi connectivity index (χ1) is 13.6. The quantitative estimate of drug-likeness (QED) is 0.523. The molecule has 0 fully saturated rings. The Balaban J connectivity index is 0.00000240. The lowest BCUT2D eigenvalue weighted by molar-refractivity contribution is 0.276. The Hall–Kier alpha value is -2.81. The minimum Gasteiger partial charge on any atom is -0.390 e. The van der Waals surface area contributed by atoms with E-state index >= 15 is 0 Å². The predicted octanol–water partition coefficient (Wildman–Crippen LogP) is 3.64. The molecule has 0 saturated carbocycles. The number of hydrogen-bond acceptors (Lipinski definition) is 5. The fourth-order valence-corrected chi connectivity index (χ4v) is 3.12. The summed E-state index contributed by atoms with van der Waals surface area (Å²) in [5.41, 5.74) is 9.23. The standard InChI is InChI=1S/C21H20FN5O.H2S/c1-2-17(23)19-7-4-6-18(26-19)13-9-16(22)15-11-24-27(20(15)10-13)21-8-3-5-14(12-28)25-21;/h3-11,17,28H,2,12,23H2,1H3;1H2/t17-;/m0./s1. The molecule has 1 aromatic carbocycles. The van der Waals surface area contributed by atoms with Crippen LogP contribution in [0.15, 0.2) is 54.7 Å². The number of hydrogen-bond donors (Lipinski definition) is 2. The van der Waals surface area contributed by atoms with E-state index in [1.165, 1.54) is 12.3 Å². The summed E-state index contributed by atoms with van der Waals surface area (Å²) in [6.45, 7) is 1.82. The van der Waals surface area contributed by atoms with E-state index < -0.39 is 0 Å². The van der Waals surface area contributed by atoms with Crippen molar-refractivity contribution in [3.8, 4) is 17.1 Å². The van der Waals surface area contributed by atoms with Gasteiger partial charge in [-0.2, -0.15) is 18.6 Å². The van der Waals surface area contributed by atoms with Gasteiger partial charge in [0, 0.05) is 11.6 Å². The number of fused-ring (bicyclic) bond motifs is 1. The van der Waals surface area contributed by atoms with E-state index in [-0.39, 0.29) is 32.0 Å². The number of nitrogens with two attached hydrogens (primary N) is 1. The van der Waals surface area contributed by atoms with Gasteiger partial charge in [-0.25, -0.2) is 14.1 Å². The molecule has 8 heteroatoms. The first-order valence-corrected chi connectivity index (χ1v) is 9.08. The highest BCUT2D eigenvalue weighted by Crippen LogP contribution is 2.28. The number of aliphatic hydroxyl groups excluding tert-OH is 1. The van der Waals surface area contributed by atoms with Gasteiger partial charge in [-0.3, -0.25) is 4.98 Å². The van der Waals surface area contributed by atoms with Gasteiger partial charge < -0.3 is 10.8 Å². The molecule has 1 atom stereocenters. The fraction of sp³-hybridized carbons (Fsp3) is 0.190. The molecule has 4 aromatic rings. The summed E-state index contributed by atoms with van der Waals surface area (Å²) in [5, 5.41) is 14.0. The Morgan fingerprint density at radius 3 is 2.69 bits per heavy atom. The number of aliphatic hydroxyl groups is 1. The maximum Gasteiger partial charge on any atom is 0.154 e. The highest BCUT2D eigenvalue weighted by molar-refractivity contribution is 7.59. The van der Waals surface area contributed by atoms with Crippen molar-refractivity contribution in [2.75, 3.05) is 0 Å². The van der Waals surface area contributed by atoms with Crippen LogP contribution in [0.25, 0.3) is 28.0 Å². The minimum absolute atomic E-state index is 0. The zero-order valence-electron chi connectivity index (χ0n) is 15.9. The minimum atomic E-state index is -0.385. The zero-order chi connectivity index (χ0) is 19.7. The van der Waals surface area contributed by atoms with E-state index in [9.17, 15) is 9.50 Å². The molecule has 0 aliphatic heterocycles. The molecule has 0 aliphatic rings. The van der Waals surface area contributed by atoms with E-state index in [1.807, 2.05) is 31.2 Å². The van der Waals surface area contributed by atoms with Crippen LogP contribution in [0.5, 0.6) is 0 Å². The second kappa shape index (κ2) is 8.69. The van der Waals surface area contributed by atoms with E-state index in [2.05, 4.69) is 15.1 Å². The van der Waals surface area contributed by atoms with Crippen molar-refractivity contribution in [2.45, 2.75) is 26.0 Å². The lowest BCUT2D eigenvalue weighted by atomic mass is 10.1. The van der Waals surface area contributed by atoms with Crippen molar-refractivity contribution in [2.24, 2.45) is 5.73 Å². The Morgan fingerprint density at radius 1 is 1.14 bits per heavy atom. The van der Waals surface area contributed by atoms with Crippen LogP contribution in [0.2, 0.25) is 0 Å². The molecule has 0 unspecified atom stereocenters. The van der Waals surface area contributed by atoms with Gasteiger partial charge in [0.05, 0.1) is 40.8 Å². The van der Waals surface area contributed by atoms with Gasteiger partial charge in [-0.1, -0.05) is 19.1 Å². The Morgan fingerprint density at radius 2 is 1.93 bits per heavy atom. The van der Waals surface area contributed by atoms with E-state index in [4.69, 9.17) is 5.73 Å². The first kappa shape index (κ1) is 20.9. The molecule has 150 valence electrons. The van der Waals surface area contributed by atoms with Crippen molar-refractivity contribution >= 4 is 24.4 Å². The lowest BCUT2D eigenvalue weighted by Gasteiger charge is -2.11. The SMILES string of the molecule is CC[C@H](N)c1cccc(-c2cc(F)c3cnn(-c4cccc(CO)n4)c3c2)n1.S. The average molecular weight is 412 g/mol. The molecule has 0 amide bonds. The molecule has 29 heavy (non-hydrogen) atoms. The topological polar surface area (TPSA) is 89.8 Å². The normalized spacial score (nSPS) is 12.0. The van der Waals surface area contributed by atoms with Crippen LogP contribution in [0, 0.1) is 5.82 Å². The summed E-state index contributed by atoms with van der Waals surface area (Å²) < 4.78 is 16.3. The molecule has 0 aliphatic carbocycles. The highest BCUT2D eigenvalue weighted by atomic mass is 32.1. The molecule has 0 bridgehead atoms. The summed E-state index contributed by atoms with van der Waals surface area (Å²) in [5.74, 6) is 0.122. The number of aromatic nitrogens is 4. The van der Waals surface area contributed by atoms with Gasteiger partial charge >= 0.3 is 0 Å². The first-order valence-electron chi connectivity index (χ1n) is 9.08. The highest BCUT2D eigenvalue weighted by Gasteiger charge is 2.14. The predicted molar refractivity (Wildman–Crippen MR) is 116 cm³/mol. The van der Waals surface area contributed by atoms with Crippen LogP contribution < -0.4 is 5.73 Å². The monoisotopic (exact) mass is 411 g/mol.